The van der Waals surface area contributed by atoms with Crippen LogP contribution in [0.15, 0.2) is 59.7 Å². The fraction of sp³-hybridized carbons (Fsp3) is 0.259. The summed E-state index contributed by atoms with van der Waals surface area (Å²) >= 11 is 12.9. The number of aryl methyl sites for hydroxylation is 1. The quantitative estimate of drug-likeness (QED) is 0.299. The Hall–Kier alpha value is -3.42. The van der Waals surface area contributed by atoms with Gasteiger partial charge in [0.15, 0.2) is 0 Å². The molecular formula is C27H26Cl2N4O3. The second-order valence-electron chi connectivity index (χ2n) is 9.28. The highest BCUT2D eigenvalue weighted by molar-refractivity contribution is 6.33. The molecule has 9 heteroatoms. The van der Waals surface area contributed by atoms with Crippen molar-refractivity contribution in [3.63, 3.8) is 0 Å². The van der Waals surface area contributed by atoms with Crippen molar-refractivity contribution in [2.45, 2.75) is 39.7 Å². The number of methoxy groups -OCH3 is 1. The number of rotatable bonds is 6. The monoisotopic (exact) mass is 524 g/mol. The van der Waals surface area contributed by atoms with Gasteiger partial charge in [-0.15, -0.1) is 0 Å². The van der Waals surface area contributed by atoms with Crippen LogP contribution in [0.4, 0.5) is 0 Å². The molecule has 186 valence electrons. The maximum Gasteiger partial charge on any atom is 0.277 e. The lowest BCUT2D eigenvalue weighted by Gasteiger charge is -2.18. The van der Waals surface area contributed by atoms with Gasteiger partial charge in [0.1, 0.15) is 29.0 Å². The summed E-state index contributed by atoms with van der Waals surface area (Å²) in [5.74, 6) is 1.69. The van der Waals surface area contributed by atoms with Crippen LogP contribution in [0.2, 0.25) is 10.0 Å². The predicted octanol–water partition coefficient (Wildman–Crippen LogP) is 6.19. The van der Waals surface area contributed by atoms with E-state index in [9.17, 15) is 4.79 Å². The van der Waals surface area contributed by atoms with Gasteiger partial charge in [-0.25, -0.2) is 9.97 Å². The van der Waals surface area contributed by atoms with Crippen LogP contribution in [-0.2, 0) is 12.0 Å². The topological polar surface area (TPSA) is 79.1 Å². The Kier molecular flexibility index (Phi) is 7.33. The largest absolute Gasteiger partial charge is 0.497 e. The van der Waals surface area contributed by atoms with Gasteiger partial charge in [-0.1, -0.05) is 56.1 Å². The molecule has 3 aromatic heterocycles. The van der Waals surface area contributed by atoms with Crippen molar-refractivity contribution in [2.75, 3.05) is 7.11 Å². The first-order chi connectivity index (χ1) is 17.1. The zero-order chi connectivity index (χ0) is 26.0. The van der Waals surface area contributed by atoms with E-state index in [2.05, 4.69) is 15.0 Å². The summed E-state index contributed by atoms with van der Waals surface area (Å²) in [6.45, 7) is 8.12. The summed E-state index contributed by atoms with van der Waals surface area (Å²) in [6, 6.07) is 12.7. The molecule has 0 aliphatic heterocycles. The molecule has 0 N–H and O–H groups in total. The first-order valence-electron chi connectivity index (χ1n) is 11.3. The summed E-state index contributed by atoms with van der Waals surface area (Å²) in [6.07, 6.45) is 3.19. The van der Waals surface area contributed by atoms with Gasteiger partial charge in [-0.3, -0.25) is 14.3 Å². The second kappa shape index (κ2) is 10.3. The van der Waals surface area contributed by atoms with E-state index in [4.69, 9.17) is 32.7 Å². The molecule has 3 heterocycles. The molecule has 4 aromatic rings. The minimum Gasteiger partial charge on any atom is -0.497 e. The molecule has 0 atom stereocenters. The van der Waals surface area contributed by atoms with Crippen molar-refractivity contribution < 1.29 is 9.47 Å². The fourth-order valence-corrected chi connectivity index (χ4v) is 3.99. The fourth-order valence-electron chi connectivity index (χ4n) is 3.61. The molecule has 0 saturated carbocycles. The lowest BCUT2D eigenvalue weighted by molar-refractivity contribution is 0.304. The maximum absolute atomic E-state index is 13.3. The summed E-state index contributed by atoms with van der Waals surface area (Å²) in [7, 11) is 1.60. The van der Waals surface area contributed by atoms with E-state index < -0.39 is 5.56 Å². The van der Waals surface area contributed by atoms with Crippen LogP contribution in [0.25, 0.3) is 17.1 Å². The first-order valence-corrected chi connectivity index (χ1v) is 12.0. The highest BCUT2D eigenvalue weighted by atomic mass is 35.5. The molecule has 0 radical (unpaired) electrons. The molecular weight excluding hydrogens is 499 g/mol. The highest BCUT2D eigenvalue weighted by Crippen LogP contribution is 2.29. The average molecular weight is 525 g/mol. The van der Waals surface area contributed by atoms with Crippen molar-refractivity contribution in [2.24, 2.45) is 0 Å². The Morgan fingerprint density at radius 3 is 2.53 bits per heavy atom. The minimum atomic E-state index is -0.450. The van der Waals surface area contributed by atoms with E-state index in [-0.39, 0.29) is 22.8 Å². The van der Waals surface area contributed by atoms with E-state index in [1.807, 2.05) is 45.0 Å². The number of benzene rings is 1. The molecule has 0 spiro atoms. The zero-order valence-electron chi connectivity index (χ0n) is 20.7. The molecule has 1 aromatic carbocycles. The molecule has 7 nitrogen and oxygen atoms in total. The Morgan fingerprint density at radius 1 is 1.03 bits per heavy atom. The molecule has 36 heavy (non-hydrogen) atoms. The van der Waals surface area contributed by atoms with E-state index in [0.29, 0.717) is 33.6 Å². The molecule has 0 fully saturated rings. The summed E-state index contributed by atoms with van der Waals surface area (Å²) < 4.78 is 12.6. The van der Waals surface area contributed by atoms with Gasteiger partial charge in [-0.05, 0) is 36.8 Å². The van der Waals surface area contributed by atoms with Gasteiger partial charge < -0.3 is 9.47 Å². The van der Waals surface area contributed by atoms with E-state index in [1.165, 1.54) is 10.8 Å². The number of pyridine rings is 2. The third kappa shape index (κ3) is 5.37. The molecule has 0 saturated heterocycles. The van der Waals surface area contributed by atoms with Crippen LogP contribution in [0, 0.1) is 6.92 Å². The Balaban J connectivity index is 1.71. The molecule has 0 aliphatic rings. The molecule has 0 aliphatic carbocycles. The van der Waals surface area contributed by atoms with Crippen LogP contribution < -0.4 is 15.0 Å². The van der Waals surface area contributed by atoms with Crippen molar-refractivity contribution in [3.8, 4) is 28.6 Å². The number of hydrogen-bond donors (Lipinski definition) is 0. The van der Waals surface area contributed by atoms with Crippen molar-refractivity contribution >= 4 is 23.2 Å². The second-order valence-corrected chi connectivity index (χ2v) is 10.1. The number of ether oxygens (including phenoxy) is 2. The third-order valence-electron chi connectivity index (χ3n) is 5.49. The van der Waals surface area contributed by atoms with Gasteiger partial charge in [0.25, 0.3) is 5.56 Å². The van der Waals surface area contributed by atoms with Gasteiger partial charge in [-0.2, -0.15) is 0 Å². The smallest absolute Gasteiger partial charge is 0.277 e. The molecule has 4 rings (SSSR count). The predicted molar refractivity (Wildman–Crippen MR) is 142 cm³/mol. The zero-order valence-corrected chi connectivity index (χ0v) is 22.2. The van der Waals surface area contributed by atoms with E-state index in [0.717, 1.165) is 11.3 Å². The Bertz CT molecular complexity index is 1480. The number of nitrogens with zero attached hydrogens (tertiary/aromatic N) is 4. The van der Waals surface area contributed by atoms with Crippen molar-refractivity contribution in [3.05, 3.63) is 92.3 Å². The summed E-state index contributed by atoms with van der Waals surface area (Å²) in [4.78, 5) is 26.8. The van der Waals surface area contributed by atoms with Crippen LogP contribution in [0.5, 0.6) is 11.5 Å². The van der Waals surface area contributed by atoms with Gasteiger partial charge in [0, 0.05) is 29.6 Å². The van der Waals surface area contributed by atoms with Gasteiger partial charge >= 0.3 is 0 Å². The Labute approximate surface area is 219 Å². The van der Waals surface area contributed by atoms with Crippen molar-refractivity contribution in [1.29, 1.82) is 0 Å². The minimum absolute atomic E-state index is 0.0463. The van der Waals surface area contributed by atoms with Crippen LogP contribution >= 0.6 is 23.2 Å². The van der Waals surface area contributed by atoms with Gasteiger partial charge in [0.05, 0.1) is 29.2 Å². The highest BCUT2D eigenvalue weighted by Gasteiger charge is 2.20. The standard InChI is InChI=1S/C27H26Cl2N4O3/c1-16-11-23(36-15-17-7-6-8-18(12-17)35-5)24(29)25(34)33(16)22-13-21(31-14-19(22)28)20-9-10-30-26(32-20)27(2,3)4/h6-14H,15H2,1-5H3. The van der Waals surface area contributed by atoms with Crippen molar-refractivity contribution in [1.82, 2.24) is 19.5 Å². The van der Waals surface area contributed by atoms with Crippen LogP contribution in [0.1, 0.15) is 37.9 Å². The molecule has 0 unspecified atom stereocenters. The van der Waals surface area contributed by atoms with E-state index >= 15 is 0 Å². The van der Waals surface area contributed by atoms with Gasteiger partial charge in [0.2, 0.25) is 0 Å². The third-order valence-corrected chi connectivity index (χ3v) is 6.13. The Morgan fingerprint density at radius 2 is 1.81 bits per heavy atom. The lowest BCUT2D eigenvalue weighted by atomic mass is 9.95. The number of hydrogen-bond acceptors (Lipinski definition) is 6. The molecule has 0 bridgehead atoms. The van der Waals surface area contributed by atoms with E-state index in [1.54, 1.807) is 38.4 Å². The molecule has 0 amide bonds. The maximum atomic E-state index is 13.3. The first kappa shape index (κ1) is 25.7. The normalized spacial score (nSPS) is 11.4. The number of halogens is 2. The lowest BCUT2D eigenvalue weighted by Crippen LogP contribution is -2.22. The van der Waals surface area contributed by atoms with Crippen LogP contribution in [-0.4, -0.2) is 26.6 Å². The SMILES string of the molecule is COc1cccc(COc2cc(C)n(-c3cc(-c4ccnc(C(C)(C)C)n4)ncc3Cl)c(=O)c2Cl)c1. The summed E-state index contributed by atoms with van der Waals surface area (Å²) in [5.41, 5.74) is 2.44. The average Bonchev–Trinajstić information content (AvgIpc) is 2.86. The van der Waals surface area contributed by atoms with Crippen LogP contribution in [0.3, 0.4) is 0 Å². The number of aromatic nitrogens is 4. The summed E-state index contributed by atoms with van der Waals surface area (Å²) in [5, 5.41) is 0.255.